The summed E-state index contributed by atoms with van der Waals surface area (Å²) in [6.45, 7) is 0. The number of para-hydroxylation sites is 1. The second-order valence-corrected chi connectivity index (χ2v) is 13.7. The van der Waals surface area contributed by atoms with Crippen LogP contribution in [0.3, 0.4) is 0 Å². The largest absolute Gasteiger partial charge is 0.456 e. The van der Waals surface area contributed by atoms with Gasteiger partial charge in [0.1, 0.15) is 11.5 Å². The second kappa shape index (κ2) is 13.4. The van der Waals surface area contributed by atoms with Crippen molar-refractivity contribution in [1.82, 2.24) is 0 Å². The van der Waals surface area contributed by atoms with Crippen molar-refractivity contribution in [3.05, 3.63) is 212 Å². The lowest BCUT2D eigenvalue weighted by Gasteiger charge is -2.29. The van der Waals surface area contributed by atoms with E-state index in [9.17, 15) is 0 Å². The first-order valence-electron chi connectivity index (χ1n) is 18.4. The van der Waals surface area contributed by atoms with Crippen LogP contribution in [-0.4, -0.2) is 0 Å². The van der Waals surface area contributed by atoms with Gasteiger partial charge in [-0.3, -0.25) is 0 Å². The van der Waals surface area contributed by atoms with E-state index < -0.39 is 0 Å². The summed E-state index contributed by atoms with van der Waals surface area (Å²) in [5.74, 6) is 1.68. The molecule has 0 aliphatic carbocycles. The average Bonchev–Trinajstić information content (AvgIpc) is 3.38. The highest BCUT2D eigenvalue weighted by Crippen LogP contribution is 2.53. The fraction of sp³-hybridized carbons (Fsp3) is 0. The summed E-state index contributed by atoms with van der Waals surface area (Å²) in [4.78, 5) is 2.38. The molecule has 10 rings (SSSR count). The van der Waals surface area contributed by atoms with Crippen molar-refractivity contribution in [2.75, 3.05) is 4.90 Å². The first-order valence-corrected chi connectivity index (χ1v) is 18.4. The molecule has 54 heavy (non-hydrogen) atoms. The molecule has 0 bridgehead atoms. The molecule has 1 aliphatic rings. The Kier molecular flexibility index (Phi) is 7.85. The van der Waals surface area contributed by atoms with Gasteiger partial charge in [-0.1, -0.05) is 158 Å². The van der Waals surface area contributed by atoms with Crippen LogP contribution in [0.4, 0.5) is 17.1 Å². The lowest BCUT2D eigenvalue weighted by atomic mass is 9.87. The van der Waals surface area contributed by atoms with E-state index in [2.05, 4.69) is 217 Å². The monoisotopic (exact) mass is 689 g/mol. The van der Waals surface area contributed by atoms with E-state index in [1.807, 2.05) is 0 Å². The molecule has 0 amide bonds. The van der Waals surface area contributed by atoms with Gasteiger partial charge in [0.05, 0.1) is 5.69 Å². The van der Waals surface area contributed by atoms with E-state index >= 15 is 0 Å². The summed E-state index contributed by atoms with van der Waals surface area (Å²) in [6.07, 6.45) is 0. The maximum atomic E-state index is 6.96. The number of hydrogen-bond donors (Lipinski definition) is 0. The molecule has 0 aromatic heterocycles. The number of fused-ring (bicyclic) bond motifs is 6. The van der Waals surface area contributed by atoms with Crippen LogP contribution in [0.2, 0.25) is 0 Å². The van der Waals surface area contributed by atoms with Gasteiger partial charge in [-0.25, -0.2) is 0 Å². The van der Waals surface area contributed by atoms with Gasteiger partial charge in [-0.05, 0) is 104 Å². The summed E-state index contributed by atoms with van der Waals surface area (Å²) in [6, 6.07) is 75.8. The third kappa shape index (κ3) is 5.62. The van der Waals surface area contributed by atoms with E-state index in [0.29, 0.717) is 0 Å². The minimum Gasteiger partial charge on any atom is -0.456 e. The zero-order valence-corrected chi connectivity index (χ0v) is 29.6. The van der Waals surface area contributed by atoms with E-state index in [4.69, 9.17) is 4.74 Å². The zero-order chi connectivity index (χ0) is 35.8. The third-order valence-electron chi connectivity index (χ3n) is 10.5. The standard InChI is InChI=1S/C52H35NO/c1-4-15-36(16-5-1)37-27-29-42(30-28-37)53(49-25-13-12-23-44(49)38-17-6-2-7-18-38)43-31-32-50-47(35-43)46-33-40-21-10-11-22-41(40)34-48(46)52-45(24-14-26-51(52)54-50)39-19-8-3-9-20-39/h1-35H. The highest BCUT2D eigenvalue weighted by molar-refractivity contribution is 6.04. The Morgan fingerprint density at radius 2 is 0.833 bits per heavy atom. The highest BCUT2D eigenvalue weighted by atomic mass is 16.5. The van der Waals surface area contributed by atoms with Crippen molar-refractivity contribution in [3.63, 3.8) is 0 Å². The molecule has 9 aromatic rings. The number of rotatable bonds is 6. The fourth-order valence-electron chi connectivity index (χ4n) is 7.89. The van der Waals surface area contributed by atoms with Crippen LogP contribution >= 0.6 is 0 Å². The van der Waals surface area contributed by atoms with Crippen molar-refractivity contribution >= 4 is 27.8 Å². The quantitative estimate of drug-likeness (QED) is 0.172. The summed E-state index contributed by atoms with van der Waals surface area (Å²) < 4.78 is 6.96. The Labute approximate surface area is 315 Å². The molecule has 0 N–H and O–H groups in total. The average molecular weight is 690 g/mol. The Hall–Kier alpha value is -7.16. The predicted molar refractivity (Wildman–Crippen MR) is 226 cm³/mol. The molecule has 0 radical (unpaired) electrons. The van der Waals surface area contributed by atoms with Crippen LogP contribution in [0.1, 0.15) is 0 Å². The van der Waals surface area contributed by atoms with E-state index in [1.54, 1.807) is 0 Å². The molecule has 0 saturated carbocycles. The minimum atomic E-state index is 0.829. The van der Waals surface area contributed by atoms with Gasteiger partial charge in [-0.2, -0.15) is 0 Å². The van der Waals surface area contributed by atoms with Gasteiger partial charge >= 0.3 is 0 Å². The zero-order valence-electron chi connectivity index (χ0n) is 29.6. The number of hydrogen-bond acceptors (Lipinski definition) is 2. The van der Waals surface area contributed by atoms with Gasteiger partial charge in [0.15, 0.2) is 0 Å². The molecule has 0 atom stereocenters. The van der Waals surface area contributed by atoms with Crippen molar-refractivity contribution in [2.45, 2.75) is 0 Å². The van der Waals surface area contributed by atoms with Crippen LogP contribution in [0, 0.1) is 0 Å². The molecule has 2 nitrogen and oxygen atoms in total. The number of ether oxygens (including phenoxy) is 1. The molecule has 0 fully saturated rings. The molecule has 0 spiro atoms. The Morgan fingerprint density at radius 3 is 1.54 bits per heavy atom. The van der Waals surface area contributed by atoms with Crippen LogP contribution < -0.4 is 9.64 Å². The minimum absolute atomic E-state index is 0.829. The summed E-state index contributed by atoms with van der Waals surface area (Å²) in [5.41, 5.74) is 14.7. The van der Waals surface area contributed by atoms with Gasteiger partial charge in [-0.15, -0.1) is 0 Å². The molecule has 2 heteroatoms. The molecule has 1 heterocycles. The van der Waals surface area contributed by atoms with Crippen LogP contribution in [0.25, 0.3) is 66.4 Å². The first kappa shape index (κ1) is 31.6. The van der Waals surface area contributed by atoms with E-state index in [1.165, 1.54) is 21.9 Å². The lowest BCUT2D eigenvalue weighted by Crippen LogP contribution is -2.11. The number of benzene rings is 9. The van der Waals surface area contributed by atoms with Gasteiger partial charge in [0.25, 0.3) is 0 Å². The fourth-order valence-corrected chi connectivity index (χ4v) is 7.89. The molecular formula is C52H35NO. The van der Waals surface area contributed by atoms with Crippen molar-refractivity contribution in [3.8, 4) is 67.1 Å². The van der Waals surface area contributed by atoms with Crippen molar-refractivity contribution < 1.29 is 4.74 Å². The van der Waals surface area contributed by atoms with E-state index in [-0.39, 0.29) is 0 Å². The van der Waals surface area contributed by atoms with Crippen molar-refractivity contribution in [2.24, 2.45) is 0 Å². The second-order valence-electron chi connectivity index (χ2n) is 13.7. The Bertz CT molecular complexity index is 2770. The molecule has 0 unspecified atom stereocenters. The predicted octanol–water partition coefficient (Wildman–Crippen LogP) is 14.8. The van der Waals surface area contributed by atoms with Crippen molar-refractivity contribution in [1.29, 1.82) is 0 Å². The SMILES string of the molecule is c1ccc(-c2ccc(N(c3ccc4c(c3)-c3cc5ccccc5cc3-c3c(cccc3-c3ccccc3)O4)c3ccccc3-c3ccccc3)cc2)cc1. The molecule has 0 saturated heterocycles. The van der Waals surface area contributed by atoms with Crippen LogP contribution in [0.15, 0.2) is 212 Å². The van der Waals surface area contributed by atoms with Crippen LogP contribution in [-0.2, 0) is 0 Å². The topological polar surface area (TPSA) is 12.5 Å². The molecule has 1 aliphatic heterocycles. The van der Waals surface area contributed by atoms with Gasteiger partial charge in [0.2, 0.25) is 0 Å². The van der Waals surface area contributed by atoms with Gasteiger partial charge < -0.3 is 9.64 Å². The summed E-state index contributed by atoms with van der Waals surface area (Å²) in [5, 5.41) is 2.39. The molecule has 254 valence electrons. The van der Waals surface area contributed by atoms with Crippen LogP contribution in [0.5, 0.6) is 11.5 Å². The Morgan fingerprint density at radius 1 is 0.296 bits per heavy atom. The third-order valence-corrected chi connectivity index (χ3v) is 10.5. The molecular weight excluding hydrogens is 655 g/mol. The first-order chi connectivity index (χ1) is 26.8. The lowest BCUT2D eigenvalue weighted by molar-refractivity contribution is 0.488. The number of anilines is 3. The normalized spacial score (nSPS) is 11.5. The Balaban J connectivity index is 1.21. The molecule has 9 aromatic carbocycles. The number of nitrogens with zero attached hydrogens (tertiary/aromatic N) is 1. The van der Waals surface area contributed by atoms with E-state index in [0.717, 1.165) is 73.1 Å². The summed E-state index contributed by atoms with van der Waals surface area (Å²) in [7, 11) is 0. The highest BCUT2D eigenvalue weighted by Gasteiger charge is 2.26. The van der Waals surface area contributed by atoms with Gasteiger partial charge in [0, 0.05) is 28.1 Å². The summed E-state index contributed by atoms with van der Waals surface area (Å²) >= 11 is 0. The maximum absolute atomic E-state index is 6.96. The maximum Gasteiger partial charge on any atom is 0.135 e. The smallest absolute Gasteiger partial charge is 0.135 e.